The largest absolute Gasteiger partial charge is 0.444 e. The zero-order chi connectivity index (χ0) is 20.4. The summed E-state index contributed by atoms with van der Waals surface area (Å²) in [7, 11) is -4.50. The average molecular weight is 426 g/mol. The minimum absolute atomic E-state index is 0.252. The molecule has 0 heterocycles. The average Bonchev–Trinajstić information content (AvgIpc) is 2.67. The van der Waals surface area contributed by atoms with Crippen LogP contribution in [0.1, 0.15) is 79.1 Å². The van der Waals surface area contributed by atoms with E-state index in [0.717, 1.165) is 38.5 Å². The minimum Gasteiger partial charge on any atom is -0.444 e. The Hall–Kier alpha value is -0.720. The number of hydrogen-bond donors (Lipinski definition) is 0. The molecule has 158 valence electrons. The maximum absolute atomic E-state index is 13.0. The third kappa shape index (κ3) is 4.54. The third-order valence-electron chi connectivity index (χ3n) is 7.50. The molecule has 0 saturated heterocycles. The maximum atomic E-state index is 13.0. The molecule has 6 heteroatoms. The summed E-state index contributed by atoms with van der Waals surface area (Å²) < 4.78 is 37.9. The fraction of sp³-hybridized carbons (Fsp3) is 0.727. The number of hydrogen-bond acceptors (Lipinski definition) is 4. The van der Waals surface area contributed by atoms with Gasteiger partial charge in [-0.1, -0.05) is 45.6 Å². The van der Waals surface area contributed by atoms with E-state index in [1.165, 1.54) is 12.8 Å². The second kappa shape index (κ2) is 8.97. The van der Waals surface area contributed by atoms with Crippen molar-refractivity contribution in [3.05, 3.63) is 24.3 Å². The summed E-state index contributed by atoms with van der Waals surface area (Å²) in [6.07, 6.45) is 8.76. The lowest BCUT2D eigenvalue weighted by Crippen LogP contribution is -2.33. The lowest BCUT2D eigenvalue weighted by Gasteiger charge is -2.38. The first-order chi connectivity index (χ1) is 13.3. The van der Waals surface area contributed by atoms with Crippen LogP contribution in [0.4, 0.5) is 0 Å². The Bertz CT molecular complexity index is 680. The minimum atomic E-state index is -2.25. The highest BCUT2D eigenvalue weighted by atomic mass is 31.1. The Morgan fingerprint density at radius 3 is 1.64 bits per heavy atom. The van der Waals surface area contributed by atoms with E-state index in [1.54, 1.807) is 6.07 Å². The van der Waals surface area contributed by atoms with Gasteiger partial charge in [-0.05, 0) is 63.5 Å². The van der Waals surface area contributed by atoms with Crippen molar-refractivity contribution >= 4 is 16.1 Å². The van der Waals surface area contributed by atoms with E-state index in [-0.39, 0.29) is 10.3 Å². The second-order valence-corrected chi connectivity index (χ2v) is 13.2. The lowest BCUT2D eigenvalue weighted by atomic mass is 9.81. The second-order valence-electron chi connectivity index (χ2n) is 9.38. The molecular formula is C22H36O4P2. The molecule has 28 heavy (non-hydrogen) atoms. The van der Waals surface area contributed by atoms with Crippen molar-refractivity contribution in [2.75, 3.05) is 0 Å². The lowest BCUT2D eigenvalue weighted by molar-refractivity contribution is 0.282. The van der Waals surface area contributed by atoms with Crippen LogP contribution in [0.5, 0.6) is 11.5 Å². The van der Waals surface area contributed by atoms with Gasteiger partial charge in [0.15, 0.2) is 0 Å². The first-order valence-electron chi connectivity index (χ1n) is 10.8. The molecule has 2 aliphatic rings. The molecule has 0 N–H and O–H groups in total. The SMILES string of the molecule is CC1CCCCC1(C)[PH](=O)Oc1cccc(O[PH](=O)C2(C)CCCCC2C)c1. The Kier molecular flexibility index (Phi) is 7.04. The molecule has 0 spiro atoms. The highest BCUT2D eigenvalue weighted by molar-refractivity contribution is 7.41. The van der Waals surface area contributed by atoms with Crippen LogP contribution in [0.15, 0.2) is 24.3 Å². The van der Waals surface area contributed by atoms with Crippen LogP contribution in [0.25, 0.3) is 0 Å². The molecule has 3 rings (SSSR count). The van der Waals surface area contributed by atoms with E-state index in [4.69, 9.17) is 9.05 Å². The number of benzene rings is 1. The quantitative estimate of drug-likeness (QED) is 0.447. The third-order valence-corrected chi connectivity index (χ3v) is 11.7. The fourth-order valence-corrected chi connectivity index (χ4v) is 7.67. The molecule has 0 bridgehead atoms. The molecule has 6 unspecified atom stereocenters. The van der Waals surface area contributed by atoms with E-state index < -0.39 is 16.1 Å². The summed E-state index contributed by atoms with van der Waals surface area (Å²) in [5.41, 5.74) is 0. The van der Waals surface area contributed by atoms with E-state index in [9.17, 15) is 9.13 Å². The summed E-state index contributed by atoms with van der Waals surface area (Å²) in [6, 6.07) is 7.20. The van der Waals surface area contributed by atoms with Crippen LogP contribution in [0.2, 0.25) is 0 Å². The standard InChI is InChI=1S/C22H36O4P2/c1-17-10-5-7-14-21(17,3)27(23)25-19-12-9-13-20(16-19)26-28(24)22(4)15-8-6-11-18(22)2/h9,12-13,16-18,27-28H,5-8,10-11,14-15H2,1-4H3. The molecule has 6 atom stereocenters. The number of rotatable bonds is 6. The van der Waals surface area contributed by atoms with Crippen LogP contribution in [0.3, 0.4) is 0 Å². The van der Waals surface area contributed by atoms with Gasteiger partial charge in [0.25, 0.3) is 0 Å². The molecule has 0 radical (unpaired) electrons. The summed E-state index contributed by atoms with van der Waals surface area (Å²) in [4.78, 5) is 0. The topological polar surface area (TPSA) is 52.6 Å². The van der Waals surface area contributed by atoms with Crippen LogP contribution in [-0.2, 0) is 9.13 Å². The Balaban J connectivity index is 1.68. The van der Waals surface area contributed by atoms with E-state index in [0.29, 0.717) is 23.3 Å². The van der Waals surface area contributed by atoms with Crippen molar-refractivity contribution in [3.8, 4) is 11.5 Å². The Morgan fingerprint density at radius 2 is 1.25 bits per heavy atom. The summed E-state index contributed by atoms with van der Waals surface area (Å²) in [5, 5.41) is -0.503. The predicted molar refractivity (Wildman–Crippen MR) is 118 cm³/mol. The monoisotopic (exact) mass is 426 g/mol. The predicted octanol–water partition coefficient (Wildman–Crippen LogP) is 7.33. The van der Waals surface area contributed by atoms with E-state index in [2.05, 4.69) is 27.7 Å². The van der Waals surface area contributed by atoms with Crippen LogP contribution in [0, 0.1) is 11.8 Å². The van der Waals surface area contributed by atoms with Gasteiger partial charge in [-0.3, -0.25) is 9.13 Å². The Morgan fingerprint density at radius 1 is 0.821 bits per heavy atom. The molecular weight excluding hydrogens is 390 g/mol. The van der Waals surface area contributed by atoms with Crippen molar-refractivity contribution in [2.24, 2.45) is 11.8 Å². The zero-order valence-electron chi connectivity index (χ0n) is 17.8. The van der Waals surface area contributed by atoms with Gasteiger partial charge in [0, 0.05) is 6.07 Å². The first kappa shape index (κ1) is 22.0. The molecule has 0 aliphatic heterocycles. The van der Waals surface area contributed by atoms with Crippen molar-refractivity contribution in [1.29, 1.82) is 0 Å². The van der Waals surface area contributed by atoms with Crippen molar-refractivity contribution in [2.45, 2.75) is 89.4 Å². The van der Waals surface area contributed by atoms with Crippen LogP contribution >= 0.6 is 16.1 Å². The fourth-order valence-electron chi connectivity index (χ4n) is 4.67. The van der Waals surface area contributed by atoms with E-state index in [1.807, 2.05) is 18.2 Å². The normalized spacial score (nSPS) is 35.7. The van der Waals surface area contributed by atoms with Crippen molar-refractivity contribution in [3.63, 3.8) is 0 Å². The molecule has 0 aromatic heterocycles. The molecule has 0 amide bonds. The van der Waals surface area contributed by atoms with Gasteiger partial charge in [-0.25, -0.2) is 0 Å². The molecule has 1 aromatic rings. The van der Waals surface area contributed by atoms with Gasteiger partial charge < -0.3 is 9.05 Å². The van der Waals surface area contributed by atoms with Gasteiger partial charge in [0.1, 0.15) is 11.5 Å². The van der Waals surface area contributed by atoms with Gasteiger partial charge in [-0.15, -0.1) is 0 Å². The van der Waals surface area contributed by atoms with E-state index >= 15 is 0 Å². The first-order valence-corrected chi connectivity index (χ1v) is 13.4. The zero-order valence-corrected chi connectivity index (χ0v) is 19.8. The molecule has 4 nitrogen and oxygen atoms in total. The summed E-state index contributed by atoms with van der Waals surface area (Å²) in [6.45, 7) is 8.57. The van der Waals surface area contributed by atoms with Gasteiger partial charge >= 0.3 is 0 Å². The van der Waals surface area contributed by atoms with Gasteiger partial charge in [0.05, 0.1) is 10.3 Å². The van der Waals surface area contributed by atoms with Gasteiger partial charge in [-0.2, -0.15) is 0 Å². The summed E-state index contributed by atoms with van der Waals surface area (Å²) in [5.74, 6) is 1.90. The van der Waals surface area contributed by atoms with Crippen LogP contribution < -0.4 is 9.05 Å². The summed E-state index contributed by atoms with van der Waals surface area (Å²) >= 11 is 0. The molecule has 2 aliphatic carbocycles. The Labute approximate surface area is 171 Å². The highest BCUT2D eigenvalue weighted by Gasteiger charge is 2.41. The van der Waals surface area contributed by atoms with Crippen molar-refractivity contribution in [1.82, 2.24) is 0 Å². The van der Waals surface area contributed by atoms with Crippen molar-refractivity contribution < 1.29 is 18.2 Å². The molecule has 1 aromatic carbocycles. The maximum Gasteiger partial charge on any atom is 0.242 e. The highest BCUT2D eigenvalue weighted by Crippen LogP contribution is 2.54. The molecule has 2 saturated carbocycles. The molecule has 2 fully saturated rings. The van der Waals surface area contributed by atoms with Crippen LogP contribution in [-0.4, -0.2) is 10.3 Å². The smallest absolute Gasteiger partial charge is 0.242 e. The van der Waals surface area contributed by atoms with Gasteiger partial charge in [0.2, 0.25) is 16.1 Å².